The number of hydrogen-bond donors (Lipinski definition) is 0. The summed E-state index contributed by atoms with van der Waals surface area (Å²) < 4.78 is 6.31. The fourth-order valence-corrected chi connectivity index (χ4v) is 9.62. The van der Waals surface area contributed by atoms with E-state index in [1.165, 1.54) is 44.2 Å². The number of benzene rings is 9. The van der Waals surface area contributed by atoms with E-state index in [1.54, 1.807) is 0 Å². The van der Waals surface area contributed by atoms with Gasteiger partial charge >= 0.3 is 0 Å². The lowest BCUT2D eigenvalue weighted by atomic mass is 9.67. The van der Waals surface area contributed by atoms with E-state index in [9.17, 15) is 0 Å². The molecule has 0 aliphatic heterocycles. The summed E-state index contributed by atoms with van der Waals surface area (Å²) in [5, 5.41) is 4.69. The lowest BCUT2D eigenvalue weighted by molar-refractivity contribution is 0.669. The van der Waals surface area contributed by atoms with Gasteiger partial charge in [0.1, 0.15) is 11.2 Å². The van der Waals surface area contributed by atoms with E-state index in [4.69, 9.17) is 14.4 Å². The molecule has 12 rings (SSSR count). The van der Waals surface area contributed by atoms with Crippen LogP contribution in [0.4, 0.5) is 0 Å². The van der Waals surface area contributed by atoms with Gasteiger partial charge in [0.05, 0.1) is 16.8 Å². The molecule has 0 radical (unpaired) electrons. The Bertz CT molecular complexity index is 3370. The molecular weight excluding hydrogens is 729 g/mol. The Morgan fingerprint density at radius 1 is 0.350 bits per heavy atom. The van der Waals surface area contributed by atoms with Crippen molar-refractivity contribution in [2.75, 3.05) is 0 Å². The number of furan rings is 1. The molecule has 60 heavy (non-hydrogen) atoms. The van der Waals surface area contributed by atoms with E-state index in [-0.39, 0.29) is 0 Å². The monoisotopic (exact) mass is 764 g/mol. The zero-order valence-electron chi connectivity index (χ0n) is 32.6. The van der Waals surface area contributed by atoms with Crippen LogP contribution >= 0.6 is 0 Å². The standard InChI is InChI=1S/C57H36N2O/c1-4-15-40(16-5-1)56-58-51(39-26-24-37(25-27-39)41-30-32-53-48(34-41)55-45-21-11-10-14-38(45)29-33-54(55)60-53)36-52(59-56)42-28-31-47-46-22-12-13-23-49(46)57(50(47)35-42,43-17-6-2-7-18-43)44-19-8-3-9-20-44/h1-36H. The largest absolute Gasteiger partial charge is 0.456 e. The van der Waals surface area contributed by atoms with Crippen molar-refractivity contribution in [3.05, 3.63) is 241 Å². The minimum atomic E-state index is -0.503. The summed E-state index contributed by atoms with van der Waals surface area (Å²) in [6.07, 6.45) is 0. The van der Waals surface area contributed by atoms with Gasteiger partial charge in [-0.2, -0.15) is 0 Å². The van der Waals surface area contributed by atoms with Crippen molar-refractivity contribution in [1.82, 2.24) is 9.97 Å². The zero-order chi connectivity index (χ0) is 39.6. The maximum atomic E-state index is 6.31. The van der Waals surface area contributed by atoms with Crippen LogP contribution in [0.1, 0.15) is 22.3 Å². The molecule has 1 aliphatic rings. The van der Waals surface area contributed by atoms with Crippen LogP contribution in [0, 0.1) is 0 Å². The van der Waals surface area contributed by atoms with E-state index < -0.39 is 5.41 Å². The number of aromatic nitrogens is 2. The van der Waals surface area contributed by atoms with Gasteiger partial charge in [-0.05, 0) is 85.6 Å². The van der Waals surface area contributed by atoms with Gasteiger partial charge < -0.3 is 4.42 Å². The maximum absolute atomic E-state index is 6.31. The summed E-state index contributed by atoms with van der Waals surface area (Å²) in [6, 6.07) is 78.0. The van der Waals surface area contributed by atoms with Gasteiger partial charge in [-0.3, -0.25) is 0 Å². The molecule has 0 spiro atoms. The molecule has 0 amide bonds. The Morgan fingerprint density at radius 3 is 1.70 bits per heavy atom. The zero-order valence-corrected chi connectivity index (χ0v) is 32.6. The SMILES string of the molecule is c1ccc(-c2nc(-c3ccc(-c4ccc5oc6ccc7ccccc7c6c5c4)cc3)cc(-c3ccc4c(c3)C(c3ccccc3)(c3ccccc3)c3ccccc3-4)n2)cc1. The smallest absolute Gasteiger partial charge is 0.160 e. The Morgan fingerprint density at radius 2 is 0.933 bits per heavy atom. The molecule has 0 fully saturated rings. The number of nitrogens with zero attached hydrogens (tertiary/aromatic N) is 2. The van der Waals surface area contributed by atoms with E-state index in [0.29, 0.717) is 5.82 Å². The fourth-order valence-electron chi connectivity index (χ4n) is 9.62. The van der Waals surface area contributed by atoms with Gasteiger partial charge in [0.15, 0.2) is 5.82 Å². The van der Waals surface area contributed by atoms with Crippen LogP contribution in [0.15, 0.2) is 223 Å². The summed E-state index contributed by atoms with van der Waals surface area (Å²) >= 11 is 0. The summed E-state index contributed by atoms with van der Waals surface area (Å²) in [5.74, 6) is 0.692. The van der Waals surface area contributed by atoms with Crippen molar-refractivity contribution in [1.29, 1.82) is 0 Å². The average molecular weight is 765 g/mol. The van der Waals surface area contributed by atoms with E-state index in [0.717, 1.165) is 61.1 Å². The highest BCUT2D eigenvalue weighted by molar-refractivity contribution is 6.19. The minimum absolute atomic E-state index is 0.503. The molecule has 3 heteroatoms. The summed E-state index contributed by atoms with van der Waals surface area (Å²) in [7, 11) is 0. The van der Waals surface area contributed by atoms with Crippen LogP contribution < -0.4 is 0 Å². The van der Waals surface area contributed by atoms with Crippen molar-refractivity contribution in [3.63, 3.8) is 0 Å². The first kappa shape index (κ1) is 34.2. The molecule has 11 aromatic rings. The molecule has 1 aliphatic carbocycles. The number of rotatable bonds is 6. The average Bonchev–Trinajstić information content (AvgIpc) is 3.86. The predicted octanol–water partition coefficient (Wildman–Crippen LogP) is 14.6. The third kappa shape index (κ3) is 5.30. The Kier molecular flexibility index (Phi) is 7.76. The third-order valence-electron chi connectivity index (χ3n) is 12.4. The van der Waals surface area contributed by atoms with Crippen LogP contribution in [0.25, 0.3) is 88.9 Å². The molecule has 280 valence electrons. The van der Waals surface area contributed by atoms with Crippen LogP contribution in [-0.2, 0) is 5.41 Å². The first-order valence-corrected chi connectivity index (χ1v) is 20.5. The Hall–Kier alpha value is -7.88. The number of hydrogen-bond acceptors (Lipinski definition) is 3. The van der Waals surface area contributed by atoms with E-state index >= 15 is 0 Å². The van der Waals surface area contributed by atoms with Crippen LogP contribution in [-0.4, -0.2) is 9.97 Å². The van der Waals surface area contributed by atoms with Crippen molar-refractivity contribution < 1.29 is 4.42 Å². The number of fused-ring (bicyclic) bond motifs is 8. The maximum Gasteiger partial charge on any atom is 0.160 e. The van der Waals surface area contributed by atoms with Crippen molar-refractivity contribution in [3.8, 4) is 56.2 Å². The van der Waals surface area contributed by atoms with Crippen LogP contribution in [0.2, 0.25) is 0 Å². The molecule has 2 heterocycles. The van der Waals surface area contributed by atoms with Gasteiger partial charge in [-0.1, -0.05) is 188 Å². The van der Waals surface area contributed by atoms with Crippen LogP contribution in [0.3, 0.4) is 0 Å². The highest BCUT2D eigenvalue weighted by atomic mass is 16.3. The second-order valence-electron chi connectivity index (χ2n) is 15.7. The molecule has 0 N–H and O–H groups in total. The van der Waals surface area contributed by atoms with Gasteiger partial charge in [-0.25, -0.2) is 9.97 Å². The lowest BCUT2D eigenvalue weighted by Gasteiger charge is -2.34. The first-order valence-electron chi connectivity index (χ1n) is 20.5. The second-order valence-corrected chi connectivity index (χ2v) is 15.7. The second kappa shape index (κ2) is 13.6. The van der Waals surface area contributed by atoms with E-state index in [2.05, 4.69) is 200 Å². The minimum Gasteiger partial charge on any atom is -0.456 e. The quantitative estimate of drug-likeness (QED) is 0.169. The van der Waals surface area contributed by atoms with Gasteiger partial charge in [0.2, 0.25) is 0 Å². The predicted molar refractivity (Wildman–Crippen MR) is 246 cm³/mol. The molecule has 2 aromatic heterocycles. The molecule has 0 saturated carbocycles. The van der Waals surface area contributed by atoms with Crippen LogP contribution in [0.5, 0.6) is 0 Å². The normalized spacial score (nSPS) is 12.8. The van der Waals surface area contributed by atoms with Gasteiger partial charge in [-0.15, -0.1) is 0 Å². The topological polar surface area (TPSA) is 38.9 Å². The summed E-state index contributed by atoms with van der Waals surface area (Å²) in [5.41, 5.74) is 15.9. The van der Waals surface area contributed by atoms with Crippen molar-refractivity contribution >= 4 is 32.7 Å². The Balaban J connectivity index is 0.997. The van der Waals surface area contributed by atoms with Gasteiger partial charge in [0, 0.05) is 27.5 Å². The highest BCUT2D eigenvalue weighted by Crippen LogP contribution is 2.56. The third-order valence-corrected chi connectivity index (χ3v) is 12.4. The highest BCUT2D eigenvalue weighted by Gasteiger charge is 2.46. The fraction of sp³-hybridized carbons (Fsp3) is 0.0175. The molecule has 0 unspecified atom stereocenters. The lowest BCUT2D eigenvalue weighted by Crippen LogP contribution is -2.28. The summed E-state index contributed by atoms with van der Waals surface area (Å²) in [6.45, 7) is 0. The molecule has 0 atom stereocenters. The molecule has 9 aromatic carbocycles. The van der Waals surface area contributed by atoms with Crippen molar-refractivity contribution in [2.24, 2.45) is 0 Å². The first-order chi connectivity index (χ1) is 29.7. The molecule has 0 saturated heterocycles. The van der Waals surface area contributed by atoms with Crippen molar-refractivity contribution in [2.45, 2.75) is 5.41 Å². The molecule has 3 nitrogen and oxygen atoms in total. The van der Waals surface area contributed by atoms with E-state index in [1.807, 2.05) is 18.2 Å². The van der Waals surface area contributed by atoms with Gasteiger partial charge in [0.25, 0.3) is 0 Å². The Labute approximate surface area is 347 Å². The molecule has 0 bridgehead atoms. The summed E-state index contributed by atoms with van der Waals surface area (Å²) in [4.78, 5) is 10.5. The molecular formula is C57H36N2O.